The molecule has 1 aromatic carbocycles. The zero-order chi connectivity index (χ0) is 12.7. The third-order valence-electron chi connectivity index (χ3n) is 2.61. The molecule has 0 unspecified atom stereocenters. The lowest BCUT2D eigenvalue weighted by molar-refractivity contribution is 0.112. The quantitative estimate of drug-likeness (QED) is 0.553. The van der Waals surface area contributed by atoms with E-state index in [0.717, 1.165) is 37.9 Å². The van der Waals surface area contributed by atoms with E-state index in [9.17, 15) is 4.79 Å². The number of carbonyl (C=O) groups is 1. The summed E-state index contributed by atoms with van der Waals surface area (Å²) in [6.45, 7) is 3.90. The molecule has 2 nitrogen and oxygen atoms in total. The molecule has 0 aromatic heterocycles. The molecule has 0 heterocycles. The van der Waals surface area contributed by atoms with Crippen LogP contribution in [0.1, 0.15) is 30.1 Å². The van der Waals surface area contributed by atoms with Crippen molar-refractivity contribution in [2.75, 3.05) is 23.9 Å². The van der Waals surface area contributed by atoms with Crippen LogP contribution >= 0.6 is 23.2 Å². The summed E-state index contributed by atoms with van der Waals surface area (Å²) in [6.07, 6.45) is 3.02. The van der Waals surface area contributed by atoms with E-state index in [0.29, 0.717) is 16.5 Å². The molecular weight excluding hydrogens is 257 g/mol. The van der Waals surface area contributed by atoms with Crippen molar-refractivity contribution in [3.63, 3.8) is 0 Å². The Labute approximate surface area is 113 Å². The second kappa shape index (κ2) is 7.57. The molecule has 0 N–H and O–H groups in total. The van der Waals surface area contributed by atoms with Gasteiger partial charge in [0.15, 0.2) is 6.29 Å². The highest BCUT2D eigenvalue weighted by atomic mass is 35.5. The fourth-order valence-electron chi connectivity index (χ4n) is 1.63. The van der Waals surface area contributed by atoms with E-state index < -0.39 is 0 Å². The SMILES string of the molecule is CCCCN(CCCl)c1ccc(C=O)c(Cl)c1. The Morgan fingerprint density at radius 3 is 2.65 bits per heavy atom. The summed E-state index contributed by atoms with van der Waals surface area (Å²) in [4.78, 5) is 12.9. The summed E-state index contributed by atoms with van der Waals surface area (Å²) >= 11 is 11.8. The summed E-state index contributed by atoms with van der Waals surface area (Å²) in [6, 6.07) is 5.49. The molecule has 0 saturated heterocycles. The van der Waals surface area contributed by atoms with Crippen LogP contribution in [0.15, 0.2) is 18.2 Å². The number of halogens is 2. The Hall–Kier alpha value is -0.730. The molecule has 1 aromatic rings. The van der Waals surface area contributed by atoms with Crippen molar-refractivity contribution in [1.29, 1.82) is 0 Å². The lowest BCUT2D eigenvalue weighted by atomic mass is 10.2. The van der Waals surface area contributed by atoms with Crippen molar-refractivity contribution in [3.8, 4) is 0 Å². The summed E-state index contributed by atoms with van der Waals surface area (Å²) in [7, 11) is 0. The molecule has 94 valence electrons. The number of alkyl halides is 1. The molecule has 0 aliphatic heterocycles. The molecule has 0 aliphatic carbocycles. The van der Waals surface area contributed by atoms with Crippen LogP contribution in [0.3, 0.4) is 0 Å². The smallest absolute Gasteiger partial charge is 0.151 e. The van der Waals surface area contributed by atoms with Crippen LogP contribution in [-0.4, -0.2) is 25.3 Å². The Balaban J connectivity index is 2.85. The van der Waals surface area contributed by atoms with Gasteiger partial charge in [-0.2, -0.15) is 0 Å². The van der Waals surface area contributed by atoms with Crippen molar-refractivity contribution in [1.82, 2.24) is 0 Å². The minimum absolute atomic E-state index is 0.494. The van der Waals surface area contributed by atoms with Crippen LogP contribution in [-0.2, 0) is 0 Å². The number of hydrogen-bond donors (Lipinski definition) is 0. The van der Waals surface area contributed by atoms with E-state index >= 15 is 0 Å². The molecule has 17 heavy (non-hydrogen) atoms. The number of nitrogens with zero attached hydrogens (tertiary/aromatic N) is 1. The van der Waals surface area contributed by atoms with E-state index in [4.69, 9.17) is 23.2 Å². The maximum absolute atomic E-state index is 10.7. The van der Waals surface area contributed by atoms with Gasteiger partial charge in [0.2, 0.25) is 0 Å². The first-order valence-corrected chi connectivity index (χ1v) is 6.69. The summed E-state index contributed by atoms with van der Waals surface area (Å²) in [5, 5.41) is 0.494. The molecule has 4 heteroatoms. The van der Waals surface area contributed by atoms with Gasteiger partial charge in [-0.1, -0.05) is 24.9 Å². The topological polar surface area (TPSA) is 20.3 Å². The van der Waals surface area contributed by atoms with Crippen molar-refractivity contribution in [2.45, 2.75) is 19.8 Å². The molecule has 0 bridgehead atoms. The highest BCUT2D eigenvalue weighted by Gasteiger charge is 2.07. The number of anilines is 1. The van der Waals surface area contributed by atoms with Gasteiger partial charge in [0.05, 0.1) is 5.02 Å². The molecule has 0 fully saturated rings. The fourth-order valence-corrected chi connectivity index (χ4v) is 2.05. The van der Waals surface area contributed by atoms with Crippen molar-refractivity contribution < 1.29 is 4.79 Å². The van der Waals surface area contributed by atoms with E-state index in [-0.39, 0.29) is 0 Å². The zero-order valence-electron chi connectivity index (χ0n) is 9.96. The third-order valence-corrected chi connectivity index (χ3v) is 3.11. The molecule has 0 aliphatic rings. The Bertz CT molecular complexity index is 368. The molecule has 0 saturated carbocycles. The van der Waals surface area contributed by atoms with Gasteiger partial charge < -0.3 is 4.90 Å². The predicted octanol–water partition coefficient (Wildman–Crippen LogP) is 4.00. The standard InChI is InChI=1S/C13H17Cl2NO/c1-2-3-7-16(8-6-14)12-5-4-11(10-17)13(15)9-12/h4-5,9-10H,2-3,6-8H2,1H3. The van der Waals surface area contributed by atoms with E-state index in [2.05, 4.69) is 11.8 Å². The molecule has 0 atom stereocenters. The molecule has 0 spiro atoms. The largest absolute Gasteiger partial charge is 0.370 e. The summed E-state index contributed by atoms with van der Waals surface area (Å²) in [5.41, 5.74) is 1.55. The van der Waals surface area contributed by atoms with Crippen LogP contribution in [0.5, 0.6) is 0 Å². The lowest BCUT2D eigenvalue weighted by Crippen LogP contribution is -2.26. The van der Waals surface area contributed by atoms with Crippen molar-refractivity contribution >= 4 is 35.2 Å². The highest BCUT2D eigenvalue weighted by molar-refractivity contribution is 6.33. The van der Waals surface area contributed by atoms with Gasteiger partial charge in [-0.05, 0) is 24.6 Å². The monoisotopic (exact) mass is 273 g/mol. The van der Waals surface area contributed by atoms with Gasteiger partial charge in [0.25, 0.3) is 0 Å². The molecule has 1 rings (SSSR count). The van der Waals surface area contributed by atoms with Crippen LogP contribution in [0.4, 0.5) is 5.69 Å². The minimum atomic E-state index is 0.494. The average Bonchev–Trinajstić information content (AvgIpc) is 2.34. The number of carbonyl (C=O) groups excluding carboxylic acids is 1. The van der Waals surface area contributed by atoms with E-state index in [1.165, 1.54) is 0 Å². The van der Waals surface area contributed by atoms with Crippen LogP contribution in [0, 0.1) is 0 Å². The molecule has 0 radical (unpaired) electrons. The highest BCUT2D eigenvalue weighted by Crippen LogP contribution is 2.23. The Kier molecular flexibility index (Phi) is 6.38. The Morgan fingerprint density at radius 1 is 1.35 bits per heavy atom. The van der Waals surface area contributed by atoms with Crippen molar-refractivity contribution in [3.05, 3.63) is 28.8 Å². The van der Waals surface area contributed by atoms with Gasteiger partial charge in [0, 0.05) is 30.2 Å². The number of rotatable bonds is 7. The first-order valence-electron chi connectivity index (χ1n) is 5.78. The second-order valence-electron chi connectivity index (χ2n) is 3.85. The van der Waals surface area contributed by atoms with E-state index in [1.807, 2.05) is 12.1 Å². The third kappa shape index (κ3) is 4.21. The maximum atomic E-state index is 10.7. The van der Waals surface area contributed by atoms with Crippen LogP contribution < -0.4 is 4.90 Å². The van der Waals surface area contributed by atoms with Gasteiger partial charge in [-0.15, -0.1) is 11.6 Å². The molecule has 0 amide bonds. The fraction of sp³-hybridized carbons (Fsp3) is 0.462. The van der Waals surface area contributed by atoms with Crippen molar-refractivity contribution in [2.24, 2.45) is 0 Å². The number of aldehydes is 1. The second-order valence-corrected chi connectivity index (χ2v) is 4.64. The van der Waals surface area contributed by atoms with Gasteiger partial charge >= 0.3 is 0 Å². The summed E-state index contributed by atoms with van der Waals surface area (Å²) in [5.74, 6) is 0.580. The molecular formula is C13H17Cl2NO. The van der Waals surface area contributed by atoms with Crippen LogP contribution in [0.2, 0.25) is 5.02 Å². The summed E-state index contributed by atoms with van der Waals surface area (Å²) < 4.78 is 0. The van der Waals surface area contributed by atoms with Gasteiger partial charge in [-0.3, -0.25) is 4.79 Å². The number of unbranched alkanes of at least 4 members (excludes halogenated alkanes) is 1. The van der Waals surface area contributed by atoms with Gasteiger partial charge in [-0.25, -0.2) is 0 Å². The predicted molar refractivity (Wildman–Crippen MR) is 74.7 cm³/mol. The Morgan fingerprint density at radius 2 is 2.12 bits per heavy atom. The van der Waals surface area contributed by atoms with Crippen LogP contribution in [0.25, 0.3) is 0 Å². The normalized spacial score (nSPS) is 10.3. The number of hydrogen-bond acceptors (Lipinski definition) is 2. The maximum Gasteiger partial charge on any atom is 0.151 e. The average molecular weight is 274 g/mol. The first-order chi connectivity index (χ1) is 8.22. The van der Waals surface area contributed by atoms with Gasteiger partial charge in [0.1, 0.15) is 0 Å². The minimum Gasteiger partial charge on any atom is -0.370 e. The zero-order valence-corrected chi connectivity index (χ0v) is 11.5. The van der Waals surface area contributed by atoms with E-state index in [1.54, 1.807) is 6.07 Å². The lowest BCUT2D eigenvalue weighted by Gasteiger charge is -2.24. The number of benzene rings is 1. The first kappa shape index (κ1) is 14.3.